The Kier molecular flexibility index (Phi) is 13.1. The minimum absolute atomic E-state index is 0.204. The van der Waals surface area contributed by atoms with Gasteiger partial charge >= 0.3 is 12.3 Å². The van der Waals surface area contributed by atoms with Crippen LogP contribution in [-0.2, 0) is 19.1 Å². The highest BCUT2D eigenvalue weighted by Crippen LogP contribution is 2.12. The lowest BCUT2D eigenvalue weighted by molar-refractivity contribution is -0.187. The minimum atomic E-state index is -1.31. The predicted molar refractivity (Wildman–Crippen MR) is 101 cm³/mol. The smallest absolute Gasteiger partial charge is 0.381 e. The summed E-state index contributed by atoms with van der Waals surface area (Å²) < 4.78 is 15.2. The second kappa shape index (κ2) is 15.4. The van der Waals surface area contributed by atoms with Crippen LogP contribution in [0.2, 0.25) is 0 Å². The molecule has 1 rings (SSSR count). The van der Waals surface area contributed by atoms with Crippen LogP contribution >= 0.6 is 0 Å². The number of hydrogen-bond acceptors (Lipinski definition) is 5. The van der Waals surface area contributed by atoms with Gasteiger partial charge in [0, 0.05) is 0 Å². The summed E-state index contributed by atoms with van der Waals surface area (Å²) in [5, 5.41) is 0. The lowest BCUT2D eigenvalue weighted by Gasteiger charge is -2.14. The van der Waals surface area contributed by atoms with Crippen molar-refractivity contribution in [2.24, 2.45) is 0 Å². The van der Waals surface area contributed by atoms with Gasteiger partial charge in [-0.15, -0.1) is 0 Å². The number of benzene rings is 1. The fourth-order valence-electron chi connectivity index (χ4n) is 2.65. The zero-order chi connectivity index (χ0) is 18.9. The Bertz CT molecular complexity index is 475. The van der Waals surface area contributed by atoms with E-state index in [4.69, 9.17) is 14.2 Å². The standard InChI is InChI=1S/C21H32O5/c1-2-3-4-5-6-7-8-9-10-14-17-24-21(25-18-22)20(23)26-19-15-12-11-13-16-19/h11-13,15-16,18,21H,2-10,14,17H2,1H3. The molecule has 26 heavy (non-hydrogen) atoms. The van der Waals surface area contributed by atoms with Crippen molar-refractivity contribution >= 4 is 12.4 Å². The van der Waals surface area contributed by atoms with E-state index in [1.807, 2.05) is 6.07 Å². The average Bonchev–Trinajstić information content (AvgIpc) is 2.66. The van der Waals surface area contributed by atoms with Gasteiger partial charge in [-0.1, -0.05) is 82.9 Å². The number of esters is 1. The maximum absolute atomic E-state index is 12.0. The Hall–Kier alpha value is -1.88. The molecule has 1 aromatic carbocycles. The van der Waals surface area contributed by atoms with Gasteiger partial charge in [0.2, 0.25) is 0 Å². The van der Waals surface area contributed by atoms with Crippen LogP contribution in [0.25, 0.3) is 0 Å². The second-order valence-corrected chi connectivity index (χ2v) is 6.35. The topological polar surface area (TPSA) is 61.8 Å². The highest BCUT2D eigenvalue weighted by atomic mass is 16.7. The van der Waals surface area contributed by atoms with Gasteiger partial charge in [0.1, 0.15) is 5.75 Å². The van der Waals surface area contributed by atoms with E-state index >= 15 is 0 Å². The molecule has 1 aromatic rings. The molecule has 0 aliphatic heterocycles. The van der Waals surface area contributed by atoms with Crippen LogP contribution in [0.1, 0.15) is 71.1 Å². The summed E-state index contributed by atoms with van der Waals surface area (Å²) >= 11 is 0. The molecule has 0 fully saturated rings. The first kappa shape index (κ1) is 22.2. The molecule has 1 unspecified atom stereocenters. The Morgan fingerprint density at radius 1 is 0.923 bits per heavy atom. The molecule has 5 nitrogen and oxygen atoms in total. The number of carbonyl (C=O) groups is 2. The summed E-state index contributed by atoms with van der Waals surface area (Å²) in [4.78, 5) is 22.5. The maximum atomic E-state index is 12.0. The molecule has 0 saturated heterocycles. The summed E-state index contributed by atoms with van der Waals surface area (Å²) in [6.45, 7) is 2.79. The summed E-state index contributed by atoms with van der Waals surface area (Å²) in [5.74, 6) is -0.338. The van der Waals surface area contributed by atoms with Crippen molar-refractivity contribution in [1.82, 2.24) is 0 Å². The molecule has 0 bridgehead atoms. The molecule has 0 aromatic heterocycles. The molecule has 0 heterocycles. The van der Waals surface area contributed by atoms with Crippen molar-refractivity contribution in [1.29, 1.82) is 0 Å². The monoisotopic (exact) mass is 364 g/mol. The maximum Gasteiger partial charge on any atom is 0.381 e. The van der Waals surface area contributed by atoms with E-state index in [1.54, 1.807) is 24.3 Å². The highest BCUT2D eigenvalue weighted by molar-refractivity contribution is 5.76. The molecule has 146 valence electrons. The number of unbranched alkanes of at least 4 members (excludes halogenated alkanes) is 9. The van der Waals surface area contributed by atoms with Gasteiger partial charge in [-0.05, 0) is 18.6 Å². The summed E-state index contributed by atoms with van der Waals surface area (Å²) in [6, 6.07) is 8.63. The summed E-state index contributed by atoms with van der Waals surface area (Å²) in [6.07, 6.45) is 10.9. The average molecular weight is 364 g/mol. The van der Waals surface area contributed by atoms with Gasteiger partial charge in [-0.2, -0.15) is 0 Å². The Morgan fingerprint density at radius 3 is 2.08 bits per heavy atom. The van der Waals surface area contributed by atoms with Crippen molar-refractivity contribution in [2.75, 3.05) is 6.61 Å². The number of rotatable bonds is 16. The number of para-hydroxylation sites is 1. The van der Waals surface area contributed by atoms with Gasteiger partial charge in [-0.25, -0.2) is 4.79 Å². The Morgan fingerprint density at radius 2 is 1.50 bits per heavy atom. The molecule has 0 saturated carbocycles. The van der Waals surface area contributed by atoms with Crippen LogP contribution < -0.4 is 4.74 Å². The van der Waals surface area contributed by atoms with Crippen LogP contribution in [0.5, 0.6) is 5.75 Å². The minimum Gasteiger partial charge on any atom is -0.426 e. The first-order valence-electron chi connectivity index (χ1n) is 9.75. The van der Waals surface area contributed by atoms with Gasteiger partial charge in [0.05, 0.1) is 6.61 Å². The largest absolute Gasteiger partial charge is 0.426 e. The zero-order valence-electron chi connectivity index (χ0n) is 15.9. The molecule has 0 aliphatic rings. The SMILES string of the molecule is CCCCCCCCCCCCOC(OC=O)C(=O)Oc1ccccc1. The number of ether oxygens (including phenoxy) is 3. The van der Waals surface area contributed by atoms with Gasteiger partial charge in [-0.3, -0.25) is 4.79 Å². The fraction of sp³-hybridized carbons (Fsp3) is 0.619. The normalized spacial score (nSPS) is 11.7. The first-order chi connectivity index (χ1) is 12.8. The molecular weight excluding hydrogens is 332 g/mol. The van der Waals surface area contributed by atoms with Crippen molar-refractivity contribution in [3.63, 3.8) is 0 Å². The third-order valence-electron chi connectivity index (χ3n) is 4.10. The van der Waals surface area contributed by atoms with Crippen LogP contribution in [0.15, 0.2) is 30.3 Å². The molecule has 1 atom stereocenters. The number of hydrogen-bond donors (Lipinski definition) is 0. The van der Waals surface area contributed by atoms with Crippen LogP contribution in [-0.4, -0.2) is 25.3 Å². The third-order valence-corrected chi connectivity index (χ3v) is 4.10. The molecule has 0 aliphatic carbocycles. The Labute approximate surface area is 157 Å². The number of carbonyl (C=O) groups excluding carboxylic acids is 2. The van der Waals surface area contributed by atoms with E-state index in [2.05, 4.69) is 6.92 Å². The lowest BCUT2D eigenvalue weighted by Crippen LogP contribution is -2.31. The van der Waals surface area contributed by atoms with E-state index in [0.29, 0.717) is 12.4 Å². The van der Waals surface area contributed by atoms with E-state index in [9.17, 15) is 9.59 Å². The second-order valence-electron chi connectivity index (χ2n) is 6.35. The quantitative estimate of drug-likeness (QED) is 0.135. The van der Waals surface area contributed by atoms with Gasteiger partial charge in [0.15, 0.2) is 0 Å². The van der Waals surface area contributed by atoms with Crippen LogP contribution in [0, 0.1) is 0 Å². The lowest BCUT2D eigenvalue weighted by atomic mass is 10.1. The van der Waals surface area contributed by atoms with Crippen molar-refractivity contribution in [2.45, 2.75) is 77.4 Å². The molecule has 0 spiro atoms. The van der Waals surface area contributed by atoms with E-state index in [0.717, 1.165) is 19.3 Å². The molecule has 0 N–H and O–H groups in total. The highest BCUT2D eigenvalue weighted by Gasteiger charge is 2.22. The molecule has 5 heteroatoms. The van der Waals surface area contributed by atoms with E-state index < -0.39 is 12.3 Å². The van der Waals surface area contributed by atoms with Crippen LogP contribution in [0.3, 0.4) is 0 Å². The van der Waals surface area contributed by atoms with Gasteiger partial charge in [0.25, 0.3) is 6.47 Å². The molecule has 0 amide bonds. The predicted octanol–water partition coefficient (Wildman–Crippen LogP) is 5.03. The van der Waals surface area contributed by atoms with Gasteiger partial charge < -0.3 is 14.2 Å². The van der Waals surface area contributed by atoms with E-state index in [-0.39, 0.29) is 6.47 Å². The zero-order valence-corrected chi connectivity index (χ0v) is 15.9. The van der Waals surface area contributed by atoms with Crippen molar-refractivity contribution in [3.05, 3.63) is 30.3 Å². The molecule has 0 radical (unpaired) electrons. The van der Waals surface area contributed by atoms with Crippen molar-refractivity contribution < 1.29 is 23.8 Å². The van der Waals surface area contributed by atoms with Crippen molar-refractivity contribution in [3.8, 4) is 5.75 Å². The Balaban J connectivity index is 2.10. The first-order valence-corrected chi connectivity index (χ1v) is 9.75. The summed E-state index contributed by atoms with van der Waals surface area (Å²) in [7, 11) is 0. The third kappa shape index (κ3) is 10.9. The molecular formula is C21H32O5. The van der Waals surface area contributed by atoms with E-state index in [1.165, 1.54) is 44.9 Å². The summed E-state index contributed by atoms with van der Waals surface area (Å²) in [5.41, 5.74) is 0. The van der Waals surface area contributed by atoms with Crippen LogP contribution in [0.4, 0.5) is 0 Å². The fourth-order valence-corrected chi connectivity index (χ4v) is 2.65.